The quantitative estimate of drug-likeness (QED) is 0.777. The molecular weight excluding hydrogens is 222 g/mol. The van der Waals surface area contributed by atoms with Crippen LogP contribution in [-0.2, 0) is 0 Å². The first kappa shape index (κ1) is 13.3. The van der Waals surface area contributed by atoms with Crippen molar-refractivity contribution in [3.8, 4) is 0 Å². The molecule has 0 aliphatic heterocycles. The minimum absolute atomic E-state index is 0.234. The van der Waals surface area contributed by atoms with E-state index < -0.39 is 0 Å². The summed E-state index contributed by atoms with van der Waals surface area (Å²) in [5, 5.41) is 3.28. The highest BCUT2D eigenvalue weighted by Gasteiger charge is 2.23. The Bertz CT molecular complexity index is 409. The van der Waals surface area contributed by atoms with Crippen LogP contribution in [0.1, 0.15) is 61.4 Å². The molecule has 98 valence electrons. The van der Waals surface area contributed by atoms with Gasteiger partial charge < -0.3 is 5.32 Å². The van der Waals surface area contributed by atoms with E-state index in [4.69, 9.17) is 0 Å². The monoisotopic (exact) mass is 245 g/mol. The number of nitrogens with one attached hydrogen (secondary N) is 1. The predicted molar refractivity (Wildman–Crippen MR) is 75.1 cm³/mol. The van der Waals surface area contributed by atoms with Crippen molar-refractivity contribution in [2.75, 3.05) is 6.54 Å². The first-order chi connectivity index (χ1) is 8.72. The normalized spacial score (nSPS) is 17.2. The zero-order valence-electron chi connectivity index (χ0n) is 11.4. The van der Waals surface area contributed by atoms with Gasteiger partial charge in [0.15, 0.2) is 5.78 Å². The molecule has 1 N–H and O–H groups in total. The fourth-order valence-corrected chi connectivity index (χ4v) is 2.33. The lowest BCUT2D eigenvalue weighted by molar-refractivity contribution is 0.0985. The number of carbonyl (C=O) groups is 1. The SMILES string of the molecule is CCC(C)NCC(=O)c1ccccc1C1CCC1. The van der Waals surface area contributed by atoms with Gasteiger partial charge in [0.1, 0.15) is 0 Å². The summed E-state index contributed by atoms with van der Waals surface area (Å²) in [6.07, 6.45) is 4.84. The maximum absolute atomic E-state index is 12.3. The van der Waals surface area contributed by atoms with Crippen molar-refractivity contribution in [2.45, 2.75) is 51.5 Å². The topological polar surface area (TPSA) is 29.1 Å². The van der Waals surface area contributed by atoms with E-state index in [1.54, 1.807) is 0 Å². The van der Waals surface area contributed by atoms with Gasteiger partial charge >= 0.3 is 0 Å². The first-order valence-electron chi connectivity index (χ1n) is 7.08. The van der Waals surface area contributed by atoms with Crippen LogP contribution in [0.4, 0.5) is 0 Å². The van der Waals surface area contributed by atoms with Crippen LogP contribution < -0.4 is 5.32 Å². The largest absolute Gasteiger partial charge is 0.307 e. The second kappa shape index (κ2) is 6.14. The number of rotatable bonds is 6. The third-order valence-corrected chi connectivity index (χ3v) is 4.03. The van der Waals surface area contributed by atoms with Gasteiger partial charge in [0.25, 0.3) is 0 Å². The molecule has 1 unspecified atom stereocenters. The number of hydrogen-bond donors (Lipinski definition) is 1. The Labute approximate surface area is 110 Å². The highest BCUT2D eigenvalue weighted by molar-refractivity contribution is 5.99. The van der Waals surface area contributed by atoms with Crippen molar-refractivity contribution >= 4 is 5.78 Å². The molecule has 0 amide bonds. The molecule has 1 atom stereocenters. The van der Waals surface area contributed by atoms with Crippen LogP contribution in [-0.4, -0.2) is 18.4 Å². The van der Waals surface area contributed by atoms with Crippen molar-refractivity contribution in [3.05, 3.63) is 35.4 Å². The van der Waals surface area contributed by atoms with Crippen molar-refractivity contribution in [1.29, 1.82) is 0 Å². The summed E-state index contributed by atoms with van der Waals surface area (Å²) in [6, 6.07) is 8.53. The Morgan fingerprint density at radius 1 is 1.39 bits per heavy atom. The van der Waals surface area contributed by atoms with Gasteiger partial charge in [-0.2, -0.15) is 0 Å². The fraction of sp³-hybridized carbons (Fsp3) is 0.562. The van der Waals surface area contributed by atoms with E-state index in [-0.39, 0.29) is 5.78 Å². The Hall–Kier alpha value is -1.15. The Morgan fingerprint density at radius 3 is 2.72 bits per heavy atom. The van der Waals surface area contributed by atoms with Gasteiger partial charge in [-0.3, -0.25) is 4.79 Å². The maximum atomic E-state index is 12.3. The van der Waals surface area contributed by atoms with Crippen LogP contribution in [0.5, 0.6) is 0 Å². The second-order valence-corrected chi connectivity index (χ2v) is 5.33. The molecular formula is C16H23NO. The molecule has 0 aromatic heterocycles. The summed E-state index contributed by atoms with van der Waals surface area (Å²) in [5.74, 6) is 0.853. The lowest BCUT2D eigenvalue weighted by Crippen LogP contribution is -2.31. The van der Waals surface area contributed by atoms with Gasteiger partial charge in [0.2, 0.25) is 0 Å². The number of ketones is 1. The van der Waals surface area contributed by atoms with Crippen molar-refractivity contribution in [2.24, 2.45) is 0 Å². The lowest BCUT2D eigenvalue weighted by atomic mass is 9.77. The summed E-state index contributed by atoms with van der Waals surface area (Å²) in [6.45, 7) is 4.70. The lowest BCUT2D eigenvalue weighted by Gasteiger charge is -2.27. The number of hydrogen-bond acceptors (Lipinski definition) is 2. The van der Waals surface area contributed by atoms with Crippen molar-refractivity contribution in [3.63, 3.8) is 0 Å². The molecule has 0 saturated heterocycles. The van der Waals surface area contributed by atoms with E-state index >= 15 is 0 Å². The molecule has 0 spiro atoms. The zero-order chi connectivity index (χ0) is 13.0. The third kappa shape index (κ3) is 2.99. The highest BCUT2D eigenvalue weighted by Crippen LogP contribution is 2.37. The number of Topliss-reactive ketones (excluding diaryl/α,β-unsaturated/α-hetero) is 1. The van der Waals surface area contributed by atoms with Crippen LogP contribution in [0.3, 0.4) is 0 Å². The van der Waals surface area contributed by atoms with Crippen LogP contribution in [0.15, 0.2) is 24.3 Å². The molecule has 1 saturated carbocycles. The van der Waals surface area contributed by atoms with E-state index in [2.05, 4.69) is 25.2 Å². The van der Waals surface area contributed by atoms with Gasteiger partial charge in [-0.15, -0.1) is 0 Å². The summed E-state index contributed by atoms with van der Waals surface area (Å²) in [4.78, 5) is 12.3. The molecule has 1 aliphatic rings. The van der Waals surface area contributed by atoms with Crippen LogP contribution in [0.25, 0.3) is 0 Å². The zero-order valence-corrected chi connectivity index (χ0v) is 11.4. The Kier molecular flexibility index (Phi) is 4.54. The van der Waals surface area contributed by atoms with Crippen LogP contribution in [0.2, 0.25) is 0 Å². The maximum Gasteiger partial charge on any atom is 0.176 e. The van der Waals surface area contributed by atoms with Crippen molar-refractivity contribution < 1.29 is 4.79 Å². The first-order valence-corrected chi connectivity index (χ1v) is 7.08. The number of benzene rings is 1. The van der Waals surface area contributed by atoms with Crippen molar-refractivity contribution in [1.82, 2.24) is 5.32 Å². The molecule has 1 aromatic carbocycles. The summed E-state index contributed by atoms with van der Waals surface area (Å²) >= 11 is 0. The Morgan fingerprint density at radius 2 is 2.11 bits per heavy atom. The fourth-order valence-electron chi connectivity index (χ4n) is 2.33. The van der Waals surface area contributed by atoms with E-state index in [1.807, 2.05) is 18.2 Å². The molecule has 0 radical (unpaired) electrons. The van der Waals surface area contributed by atoms with E-state index in [0.717, 1.165) is 12.0 Å². The average Bonchev–Trinajstić information content (AvgIpc) is 2.34. The van der Waals surface area contributed by atoms with Gasteiger partial charge in [0.05, 0.1) is 6.54 Å². The Balaban J connectivity index is 2.05. The molecule has 0 heterocycles. The molecule has 0 bridgehead atoms. The molecule has 2 rings (SSSR count). The molecule has 1 aliphatic carbocycles. The van der Waals surface area contributed by atoms with Gasteiger partial charge in [-0.25, -0.2) is 0 Å². The van der Waals surface area contributed by atoms with Gasteiger partial charge in [-0.1, -0.05) is 37.6 Å². The standard InChI is InChI=1S/C16H23NO/c1-3-12(2)17-11-16(18)15-10-5-4-9-14(15)13-7-6-8-13/h4-5,9-10,12-13,17H,3,6-8,11H2,1-2H3. The average molecular weight is 245 g/mol. The molecule has 18 heavy (non-hydrogen) atoms. The van der Waals surface area contributed by atoms with Crippen LogP contribution >= 0.6 is 0 Å². The van der Waals surface area contributed by atoms with Gasteiger partial charge in [0, 0.05) is 11.6 Å². The van der Waals surface area contributed by atoms with E-state index in [1.165, 1.54) is 24.8 Å². The highest BCUT2D eigenvalue weighted by atomic mass is 16.1. The van der Waals surface area contributed by atoms with Gasteiger partial charge in [-0.05, 0) is 37.7 Å². The minimum Gasteiger partial charge on any atom is -0.307 e. The van der Waals surface area contributed by atoms with E-state index in [9.17, 15) is 4.79 Å². The molecule has 2 nitrogen and oxygen atoms in total. The molecule has 1 aromatic rings. The van der Waals surface area contributed by atoms with Crippen LogP contribution in [0, 0.1) is 0 Å². The molecule has 2 heteroatoms. The number of carbonyl (C=O) groups excluding carboxylic acids is 1. The smallest absolute Gasteiger partial charge is 0.176 e. The minimum atomic E-state index is 0.234. The third-order valence-electron chi connectivity index (χ3n) is 4.03. The predicted octanol–water partition coefficient (Wildman–Crippen LogP) is 3.52. The summed E-state index contributed by atoms with van der Waals surface area (Å²) in [5.41, 5.74) is 2.19. The molecule has 1 fully saturated rings. The summed E-state index contributed by atoms with van der Waals surface area (Å²) in [7, 11) is 0. The summed E-state index contributed by atoms with van der Waals surface area (Å²) < 4.78 is 0. The second-order valence-electron chi connectivity index (χ2n) is 5.33. The van der Waals surface area contributed by atoms with E-state index in [0.29, 0.717) is 18.5 Å².